The lowest BCUT2D eigenvalue weighted by Gasteiger charge is -1.98. The number of nitriles is 1. The van der Waals surface area contributed by atoms with Gasteiger partial charge in [-0.25, -0.2) is 4.98 Å². The highest BCUT2D eigenvalue weighted by atomic mass is 15.0. The summed E-state index contributed by atoms with van der Waals surface area (Å²) in [6.45, 7) is 1.42. The van der Waals surface area contributed by atoms with Crippen LogP contribution in [0.2, 0.25) is 0 Å². The van der Waals surface area contributed by atoms with Crippen LogP contribution in [-0.4, -0.2) is 9.55 Å². The predicted octanol–water partition coefficient (Wildman–Crippen LogP) is 1.04. The van der Waals surface area contributed by atoms with Crippen molar-refractivity contribution in [2.24, 2.45) is 5.73 Å². The van der Waals surface area contributed by atoms with Crippen LogP contribution >= 0.6 is 0 Å². The van der Waals surface area contributed by atoms with Crippen molar-refractivity contribution in [1.29, 1.82) is 5.26 Å². The van der Waals surface area contributed by atoms with Crippen LogP contribution in [0.4, 0.5) is 0 Å². The van der Waals surface area contributed by atoms with Crippen LogP contribution in [0.15, 0.2) is 12.5 Å². The van der Waals surface area contributed by atoms with Crippen LogP contribution < -0.4 is 5.73 Å². The number of rotatable bonds is 5. The molecular weight excluding hydrogens is 164 g/mol. The van der Waals surface area contributed by atoms with Crippen molar-refractivity contribution >= 4 is 0 Å². The summed E-state index contributed by atoms with van der Waals surface area (Å²) in [5.41, 5.74) is 6.34. The molecule has 0 aromatic carbocycles. The fourth-order valence-corrected chi connectivity index (χ4v) is 1.13. The van der Waals surface area contributed by atoms with E-state index in [1.807, 2.05) is 10.8 Å². The summed E-state index contributed by atoms with van der Waals surface area (Å²) >= 11 is 0. The fraction of sp³-hybridized carbons (Fsp3) is 0.556. The van der Waals surface area contributed by atoms with Gasteiger partial charge in [0.2, 0.25) is 0 Å². The van der Waals surface area contributed by atoms with Crippen molar-refractivity contribution < 1.29 is 0 Å². The van der Waals surface area contributed by atoms with Gasteiger partial charge in [0.15, 0.2) is 0 Å². The summed E-state index contributed by atoms with van der Waals surface area (Å²) in [4.78, 5) is 4.11. The number of imidazole rings is 1. The molecule has 1 aromatic rings. The fourth-order valence-electron chi connectivity index (χ4n) is 1.13. The third kappa shape index (κ3) is 3.26. The van der Waals surface area contributed by atoms with Crippen LogP contribution in [0.1, 0.15) is 25.0 Å². The number of nitrogens with zero attached hydrogens (tertiary/aromatic N) is 3. The Kier molecular flexibility index (Phi) is 4.00. The summed E-state index contributed by atoms with van der Waals surface area (Å²) < 4.78 is 2.01. The lowest BCUT2D eigenvalue weighted by molar-refractivity contribution is 0.615. The third-order valence-electron chi connectivity index (χ3n) is 1.85. The number of unbranched alkanes of at least 4 members (excludes halogenated alkanes) is 2. The molecule has 0 aliphatic heterocycles. The smallest absolute Gasteiger partial charge is 0.0949 e. The van der Waals surface area contributed by atoms with E-state index in [-0.39, 0.29) is 0 Å². The van der Waals surface area contributed by atoms with Gasteiger partial charge in [-0.2, -0.15) is 5.26 Å². The molecule has 0 spiro atoms. The van der Waals surface area contributed by atoms with Crippen molar-refractivity contribution in [3.05, 3.63) is 18.2 Å². The molecule has 4 heteroatoms. The number of nitrogens with two attached hydrogens (primary N) is 1. The van der Waals surface area contributed by atoms with Gasteiger partial charge in [0.1, 0.15) is 0 Å². The van der Waals surface area contributed by atoms with Crippen molar-refractivity contribution in [2.75, 3.05) is 0 Å². The van der Waals surface area contributed by atoms with Crippen LogP contribution in [0.3, 0.4) is 0 Å². The maximum Gasteiger partial charge on any atom is 0.0949 e. The second-order valence-electron chi connectivity index (χ2n) is 2.92. The first-order valence-corrected chi connectivity index (χ1v) is 4.44. The number of aryl methyl sites for hydroxylation is 1. The molecule has 4 nitrogen and oxygen atoms in total. The summed E-state index contributed by atoms with van der Waals surface area (Å²) in [5.74, 6) is 0. The molecule has 2 N–H and O–H groups in total. The SMILES string of the molecule is N#CCCCCn1cnc(CN)c1. The van der Waals surface area contributed by atoms with E-state index >= 15 is 0 Å². The molecule has 0 fully saturated rings. The Morgan fingerprint density at radius 1 is 1.54 bits per heavy atom. The highest BCUT2D eigenvalue weighted by Crippen LogP contribution is 2.00. The molecule has 1 rings (SSSR count). The number of hydrogen-bond acceptors (Lipinski definition) is 3. The quantitative estimate of drug-likeness (QED) is 0.685. The van der Waals surface area contributed by atoms with Gasteiger partial charge in [-0.1, -0.05) is 0 Å². The highest BCUT2D eigenvalue weighted by Gasteiger charge is 1.95. The molecule has 13 heavy (non-hydrogen) atoms. The van der Waals surface area contributed by atoms with Gasteiger partial charge in [-0.3, -0.25) is 0 Å². The Balaban J connectivity index is 2.25. The van der Waals surface area contributed by atoms with Crippen molar-refractivity contribution in [2.45, 2.75) is 32.4 Å². The Morgan fingerprint density at radius 3 is 3.00 bits per heavy atom. The van der Waals surface area contributed by atoms with Gasteiger partial charge in [0, 0.05) is 25.7 Å². The van der Waals surface area contributed by atoms with E-state index in [1.54, 1.807) is 6.33 Å². The zero-order valence-corrected chi connectivity index (χ0v) is 7.61. The maximum absolute atomic E-state index is 8.32. The first-order chi connectivity index (χ1) is 6.36. The van der Waals surface area contributed by atoms with Gasteiger partial charge in [0.05, 0.1) is 18.1 Å². The standard InChI is InChI=1S/C9H14N4/c10-4-2-1-3-5-13-7-9(6-11)12-8-13/h7-8H,1-3,5-6,11H2. The van der Waals surface area contributed by atoms with E-state index in [2.05, 4.69) is 11.1 Å². The molecule has 0 unspecified atom stereocenters. The summed E-state index contributed by atoms with van der Waals surface area (Å²) in [5, 5.41) is 8.32. The second-order valence-corrected chi connectivity index (χ2v) is 2.92. The van der Waals surface area contributed by atoms with E-state index in [0.29, 0.717) is 13.0 Å². The Hall–Kier alpha value is -1.34. The van der Waals surface area contributed by atoms with E-state index in [1.165, 1.54) is 0 Å². The van der Waals surface area contributed by atoms with Crippen molar-refractivity contribution in [1.82, 2.24) is 9.55 Å². The minimum absolute atomic E-state index is 0.491. The predicted molar refractivity (Wildman–Crippen MR) is 49.6 cm³/mol. The molecule has 70 valence electrons. The van der Waals surface area contributed by atoms with Gasteiger partial charge in [0.25, 0.3) is 0 Å². The van der Waals surface area contributed by atoms with Crippen LogP contribution in [0.5, 0.6) is 0 Å². The van der Waals surface area contributed by atoms with Gasteiger partial charge < -0.3 is 10.3 Å². The summed E-state index contributed by atoms with van der Waals surface area (Å²) in [7, 11) is 0. The molecule has 0 saturated carbocycles. The Morgan fingerprint density at radius 2 is 2.38 bits per heavy atom. The van der Waals surface area contributed by atoms with E-state index in [4.69, 9.17) is 11.0 Å². The molecule has 0 aliphatic rings. The van der Waals surface area contributed by atoms with E-state index < -0.39 is 0 Å². The summed E-state index contributed by atoms with van der Waals surface area (Å²) in [6, 6.07) is 2.13. The number of hydrogen-bond donors (Lipinski definition) is 1. The lowest BCUT2D eigenvalue weighted by atomic mass is 10.2. The lowest BCUT2D eigenvalue weighted by Crippen LogP contribution is -1.97. The van der Waals surface area contributed by atoms with Gasteiger partial charge >= 0.3 is 0 Å². The van der Waals surface area contributed by atoms with E-state index in [0.717, 1.165) is 25.1 Å². The minimum atomic E-state index is 0.491. The van der Waals surface area contributed by atoms with Crippen molar-refractivity contribution in [3.63, 3.8) is 0 Å². The average molecular weight is 178 g/mol. The maximum atomic E-state index is 8.32. The molecule has 0 radical (unpaired) electrons. The first-order valence-electron chi connectivity index (χ1n) is 4.44. The molecule has 0 atom stereocenters. The zero-order valence-electron chi connectivity index (χ0n) is 7.61. The van der Waals surface area contributed by atoms with E-state index in [9.17, 15) is 0 Å². The Labute approximate surface area is 78.0 Å². The normalized spacial score (nSPS) is 9.85. The monoisotopic (exact) mass is 178 g/mol. The molecule has 0 amide bonds. The third-order valence-corrected chi connectivity index (χ3v) is 1.85. The Bertz CT molecular complexity index is 284. The van der Waals surface area contributed by atoms with Crippen LogP contribution in [0.25, 0.3) is 0 Å². The van der Waals surface area contributed by atoms with Crippen molar-refractivity contribution in [3.8, 4) is 6.07 Å². The highest BCUT2D eigenvalue weighted by molar-refractivity contribution is 4.95. The molecule has 0 saturated heterocycles. The first kappa shape index (κ1) is 9.75. The number of aromatic nitrogens is 2. The largest absolute Gasteiger partial charge is 0.337 e. The molecular formula is C9H14N4. The van der Waals surface area contributed by atoms with Gasteiger partial charge in [-0.15, -0.1) is 0 Å². The second kappa shape index (κ2) is 5.33. The topological polar surface area (TPSA) is 67.6 Å². The summed E-state index contributed by atoms with van der Waals surface area (Å²) in [6.07, 6.45) is 6.35. The molecule has 0 aliphatic carbocycles. The van der Waals surface area contributed by atoms with Crippen LogP contribution in [-0.2, 0) is 13.1 Å². The minimum Gasteiger partial charge on any atom is -0.337 e. The molecule has 0 bridgehead atoms. The van der Waals surface area contributed by atoms with Crippen LogP contribution in [0, 0.1) is 11.3 Å². The zero-order chi connectivity index (χ0) is 9.52. The molecule has 1 aromatic heterocycles. The molecule has 1 heterocycles. The van der Waals surface area contributed by atoms with Gasteiger partial charge in [-0.05, 0) is 12.8 Å². The average Bonchev–Trinajstić information content (AvgIpc) is 2.60.